The predicted octanol–water partition coefficient (Wildman–Crippen LogP) is 11.5. The number of hydrogen-bond donors (Lipinski definition) is 5. The molecule has 1 heterocycles. The number of carbonyl (C=O) groups is 8. The van der Waals surface area contributed by atoms with Crippen molar-refractivity contribution in [3.8, 4) is 11.8 Å². The molecule has 0 radical (unpaired) electrons. The lowest BCUT2D eigenvalue weighted by molar-refractivity contribution is -0.156. The number of nitrogens with zero attached hydrogens (tertiary/aromatic N) is 1. The highest BCUT2D eigenvalue weighted by atomic mass is 35.5. The lowest BCUT2D eigenvalue weighted by Crippen LogP contribution is -2.61. The maximum atomic E-state index is 14.7. The van der Waals surface area contributed by atoms with E-state index in [-0.39, 0.29) is 40.4 Å². The predicted molar refractivity (Wildman–Crippen MR) is 367 cm³/mol. The number of benzene rings is 3. The first kappa shape index (κ1) is 74.4. The number of imide groups is 1. The quantitative estimate of drug-likeness (QED) is 0.0126. The van der Waals surface area contributed by atoms with Crippen molar-refractivity contribution in [2.75, 3.05) is 24.7 Å². The highest BCUT2D eigenvalue weighted by Gasteiger charge is 2.55. The number of fused-ring (bicyclic) bond motifs is 1. The molecule has 1 aliphatic heterocycles. The number of nitrogens with one attached hydrogen (secondary N) is 5. The number of ether oxygens (including phenoxy) is 3. The molecule has 22 heteroatoms. The van der Waals surface area contributed by atoms with Gasteiger partial charge < -0.3 is 40.8 Å². The van der Waals surface area contributed by atoms with Crippen LogP contribution in [-0.2, 0) is 59.8 Å². The van der Waals surface area contributed by atoms with Crippen molar-refractivity contribution in [1.29, 1.82) is 0 Å². The summed E-state index contributed by atoms with van der Waals surface area (Å²) in [6.07, 6.45) is 4.27. The molecule has 1 fully saturated rings. The highest BCUT2D eigenvalue weighted by molar-refractivity contribution is 8.77. The van der Waals surface area contributed by atoms with Crippen molar-refractivity contribution in [2.24, 2.45) is 23.7 Å². The summed E-state index contributed by atoms with van der Waals surface area (Å²) in [4.78, 5) is 111. The van der Waals surface area contributed by atoms with Gasteiger partial charge >= 0.3 is 12.1 Å². The number of aryl methyl sites for hydroxylation is 1. The zero-order valence-corrected chi connectivity index (χ0v) is 59.3. The second kappa shape index (κ2) is 32.0. The average molecular weight is 1350 g/mol. The van der Waals surface area contributed by atoms with E-state index in [9.17, 15) is 38.4 Å². The topological polar surface area (TPSA) is 228 Å². The maximum Gasteiger partial charge on any atom is 0.407 e. The summed E-state index contributed by atoms with van der Waals surface area (Å²) in [7, 11) is 5.68. The fourth-order valence-corrected chi connectivity index (χ4v) is 15.5. The van der Waals surface area contributed by atoms with Crippen LogP contribution in [0.15, 0.2) is 91.0 Å². The van der Waals surface area contributed by atoms with E-state index in [1.54, 1.807) is 26.8 Å². The second-order valence-electron chi connectivity index (χ2n) is 27.2. The maximum absolute atomic E-state index is 14.7. The number of halogens is 1. The van der Waals surface area contributed by atoms with Crippen LogP contribution < -0.4 is 26.6 Å². The molecule has 91 heavy (non-hydrogen) atoms. The standard InChI is InChI=1S/C69H93ClN6O11S4/c1-16-67(14,42-85-68(15,17-2)38-37-57(79)86-69(46-23-19-18-20-24-46,50-25-21-22-26-51(50)70)47-31-29-45(30-32-47)28-27-43(3)58-48-33-34-49(48)58)75-61(82)53(41-89-91-66(11,12)13)73-59(80)44(4)72-60(81)52(40-88-90-65(8,9)10)74-62(83)54(76-55(77)35-36-56(76)78)39-71-63(84)87-64(5,6)7/h18-26,29-32,35-36,43-44,48-49,52-54,58H,16-17,27-28,37-42H2,1-15H3,(H,71,84)(H,72,81)(H,73,80)(H,74,83)(H,75,82)/t43-,44+,48+,49+,52+,53+,54+,67?,68?,69?/m1/s1. The molecule has 5 N–H and O–H groups in total. The zero-order valence-electron chi connectivity index (χ0n) is 55.3. The Hall–Kier alpha value is -5.63. The number of hydrogen-bond acceptors (Lipinski definition) is 15. The van der Waals surface area contributed by atoms with Crippen LogP contribution >= 0.6 is 54.8 Å². The molecule has 0 aromatic heterocycles. The van der Waals surface area contributed by atoms with Gasteiger partial charge in [0.25, 0.3) is 11.8 Å². The van der Waals surface area contributed by atoms with E-state index in [0.29, 0.717) is 52.0 Å². The van der Waals surface area contributed by atoms with Gasteiger partial charge in [0, 0.05) is 73.1 Å². The molecule has 496 valence electrons. The third kappa shape index (κ3) is 21.4. The average Bonchev–Trinajstić information content (AvgIpc) is 1.68. The van der Waals surface area contributed by atoms with Crippen molar-refractivity contribution in [1.82, 2.24) is 31.5 Å². The van der Waals surface area contributed by atoms with Crippen LogP contribution in [0.5, 0.6) is 0 Å². The third-order valence-corrected chi connectivity index (χ3v) is 23.1. The Morgan fingerprint density at radius 2 is 1.21 bits per heavy atom. The Bertz CT molecular complexity index is 3150. The second-order valence-corrected chi connectivity index (χ2v) is 34.0. The van der Waals surface area contributed by atoms with E-state index in [1.807, 2.05) is 130 Å². The molecule has 17 nitrogen and oxygen atoms in total. The normalized spacial score (nSPS) is 19.6. The summed E-state index contributed by atoms with van der Waals surface area (Å²) in [5, 5.41) is 14.3. The van der Waals surface area contributed by atoms with Gasteiger partial charge in [-0.25, -0.2) is 4.79 Å². The summed E-state index contributed by atoms with van der Waals surface area (Å²) < 4.78 is 18.4. The van der Waals surface area contributed by atoms with Crippen LogP contribution in [0.1, 0.15) is 158 Å². The van der Waals surface area contributed by atoms with Gasteiger partial charge in [0.05, 0.1) is 24.3 Å². The molecule has 2 aliphatic carbocycles. The number of esters is 1. The number of carbonyl (C=O) groups excluding carboxylic acids is 8. The number of amides is 7. The van der Waals surface area contributed by atoms with Crippen molar-refractivity contribution in [3.05, 3.63) is 118 Å². The minimum absolute atomic E-state index is 0.00398. The molecule has 7 amide bonds. The summed E-state index contributed by atoms with van der Waals surface area (Å²) in [6.45, 7) is 27.9. The van der Waals surface area contributed by atoms with Crippen molar-refractivity contribution in [2.45, 2.75) is 198 Å². The number of alkyl carbamates (subject to hydrolysis) is 1. The smallest absolute Gasteiger partial charge is 0.407 e. The van der Waals surface area contributed by atoms with Crippen LogP contribution in [0.4, 0.5) is 4.79 Å². The highest BCUT2D eigenvalue weighted by Crippen LogP contribution is 2.56. The van der Waals surface area contributed by atoms with Gasteiger partial charge in [-0.2, -0.15) is 0 Å². The van der Waals surface area contributed by atoms with E-state index >= 15 is 0 Å². The molecule has 10 atom stereocenters. The lowest BCUT2D eigenvalue weighted by Gasteiger charge is -2.38. The fraction of sp³-hybridized carbons (Fsp3) is 0.565. The van der Waals surface area contributed by atoms with E-state index in [0.717, 1.165) is 36.1 Å². The molecular weight excluding hydrogens is 1250 g/mol. The van der Waals surface area contributed by atoms with Gasteiger partial charge in [0.1, 0.15) is 29.8 Å². The molecule has 3 unspecified atom stereocenters. The first-order valence-electron chi connectivity index (χ1n) is 31.2. The largest absolute Gasteiger partial charge is 0.444 e. The Morgan fingerprint density at radius 1 is 0.659 bits per heavy atom. The minimum atomic E-state index is -1.58. The SMILES string of the molecule is CCC(C)(COC(C)(CC)CCC(=O)OC(c1ccccc1)(c1ccc(CC[C@@H](C)C2[C@H]3C#C[C@H]23)cc1)c1ccccc1Cl)NC(=O)[C@H](CSSC(C)(C)C)NC(=O)[C@H](C)NC(=O)[C@H](CSSC(C)(C)C)NC(=O)[C@H](CNC(=O)OC(C)(C)C)N1C(=O)C=CC1=O. The molecule has 0 saturated heterocycles. The first-order chi connectivity index (χ1) is 42.6. The van der Waals surface area contributed by atoms with E-state index < -0.39 is 101 Å². The van der Waals surface area contributed by atoms with Gasteiger partial charge in [0.15, 0.2) is 5.60 Å². The van der Waals surface area contributed by atoms with Crippen molar-refractivity contribution < 1.29 is 52.6 Å². The van der Waals surface area contributed by atoms with Crippen LogP contribution in [-0.4, -0.2) is 127 Å². The van der Waals surface area contributed by atoms with Gasteiger partial charge in [-0.1, -0.05) is 202 Å². The monoisotopic (exact) mass is 1340 g/mol. The Labute approximate surface area is 559 Å². The van der Waals surface area contributed by atoms with Crippen molar-refractivity contribution in [3.63, 3.8) is 0 Å². The molecule has 3 aromatic rings. The van der Waals surface area contributed by atoms with Crippen molar-refractivity contribution >= 4 is 102 Å². The molecule has 0 bridgehead atoms. The van der Waals surface area contributed by atoms with Gasteiger partial charge in [-0.3, -0.25) is 38.5 Å². The molecular formula is C69H93ClN6O11S4. The summed E-state index contributed by atoms with van der Waals surface area (Å²) in [6, 6.07) is 20.2. The zero-order chi connectivity index (χ0) is 67.3. The Morgan fingerprint density at radius 3 is 1.75 bits per heavy atom. The van der Waals surface area contributed by atoms with Crippen LogP contribution in [0.2, 0.25) is 5.02 Å². The van der Waals surface area contributed by atoms with Gasteiger partial charge in [0.2, 0.25) is 23.6 Å². The Balaban J connectivity index is 1.14. The van der Waals surface area contributed by atoms with Crippen LogP contribution in [0, 0.1) is 35.5 Å². The summed E-state index contributed by atoms with van der Waals surface area (Å²) in [5.74, 6) is 4.21. The van der Waals surface area contributed by atoms with Gasteiger partial charge in [-0.05, 0) is 97.1 Å². The molecule has 0 spiro atoms. The van der Waals surface area contributed by atoms with Gasteiger partial charge in [-0.15, -0.1) is 0 Å². The first-order valence-corrected chi connectivity index (χ1v) is 36.2. The van der Waals surface area contributed by atoms with Crippen LogP contribution in [0.25, 0.3) is 0 Å². The third-order valence-electron chi connectivity index (χ3n) is 16.1. The molecule has 1 saturated carbocycles. The molecule has 3 aliphatic rings. The molecule has 6 rings (SSSR count). The lowest BCUT2D eigenvalue weighted by atomic mass is 9.79. The fourth-order valence-electron chi connectivity index (χ4n) is 10.3. The van der Waals surface area contributed by atoms with Crippen LogP contribution in [0.3, 0.4) is 0 Å². The van der Waals surface area contributed by atoms with E-state index in [4.69, 9.17) is 25.8 Å². The summed E-state index contributed by atoms with van der Waals surface area (Å²) >= 11 is 7.07. The summed E-state index contributed by atoms with van der Waals surface area (Å²) in [5.41, 5.74) is -0.819. The number of rotatable bonds is 33. The minimum Gasteiger partial charge on any atom is -0.444 e. The van der Waals surface area contributed by atoms with E-state index in [2.05, 4.69) is 57.5 Å². The Kier molecular flexibility index (Phi) is 26.2. The van der Waals surface area contributed by atoms with E-state index in [1.165, 1.54) is 55.7 Å². The molecule has 3 aromatic carbocycles.